The van der Waals surface area contributed by atoms with Crippen LogP contribution in [0.1, 0.15) is 6.92 Å². The Bertz CT molecular complexity index is 231. The van der Waals surface area contributed by atoms with E-state index in [1.54, 1.807) is 12.2 Å². The van der Waals surface area contributed by atoms with Crippen LogP contribution in [-0.4, -0.2) is 18.2 Å². The van der Waals surface area contributed by atoms with Crippen molar-refractivity contribution in [2.45, 2.75) is 6.92 Å². The van der Waals surface area contributed by atoms with Gasteiger partial charge in [-0.05, 0) is 13.0 Å². The van der Waals surface area contributed by atoms with Gasteiger partial charge in [0.1, 0.15) is 0 Å². The maximum atomic E-state index is 11.3. The van der Waals surface area contributed by atoms with Crippen LogP contribution < -0.4 is 5.32 Å². The van der Waals surface area contributed by atoms with Gasteiger partial charge in [0.05, 0.1) is 0 Å². The van der Waals surface area contributed by atoms with Crippen LogP contribution in [-0.2, 0) is 4.79 Å². The standard InChI is InChI=1S/C10H15NOS/c1-3-5-6-9(4-2)10(12)11-7-8-13/h3-6,13H,2,7-8H2,1H3,(H,11,12)/b5-3-,9-6+. The highest BCUT2D eigenvalue weighted by Crippen LogP contribution is 1.96. The van der Waals surface area contributed by atoms with E-state index in [-0.39, 0.29) is 5.91 Å². The van der Waals surface area contributed by atoms with E-state index in [4.69, 9.17) is 0 Å². The molecule has 3 heteroatoms. The van der Waals surface area contributed by atoms with Gasteiger partial charge < -0.3 is 5.32 Å². The van der Waals surface area contributed by atoms with Crippen molar-refractivity contribution in [1.29, 1.82) is 0 Å². The molecule has 13 heavy (non-hydrogen) atoms. The third-order valence-electron chi connectivity index (χ3n) is 1.35. The number of hydrogen-bond acceptors (Lipinski definition) is 2. The first-order chi connectivity index (χ1) is 6.26. The second-order valence-electron chi connectivity index (χ2n) is 2.33. The zero-order valence-electron chi connectivity index (χ0n) is 7.79. The zero-order valence-corrected chi connectivity index (χ0v) is 8.68. The molecule has 0 aromatic carbocycles. The number of amides is 1. The normalized spacial score (nSPS) is 11.7. The van der Waals surface area contributed by atoms with E-state index in [1.807, 2.05) is 13.0 Å². The largest absolute Gasteiger partial charge is 0.351 e. The van der Waals surface area contributed by atoms with Gasteiger partial charge in [-0.2, -0.15) is 12.6 Å². The number of nitrogens with one attached hydrogen (secondary N) is 1. The van der Waals surface area contributed by atoms with Crippen LogP contribution in [0.4, 0.5) is 0 Å². The molecule has 0 aliphatic heterocycles. The summed E-state index contributed by atoms with van der Waals surface area (Å²) in [5, 5.41) is 2.70. The summed E-state index contributed by atoms with van der Waals surface area (Å²) in [5.41, 5.74) is 0.569. The first kappa shape index (κ1) is 12.0. The van der Waals surface area contributed by atoms with Crippen LogP contribution in [0.25, 0.3) is 0 Å². The number of hydrogen-bond donors (Lipinski definition) is 2. The minimum Gasteiger partial charge on any atom is -0.351 e. The fourth-order valence-electron chi connectivity index (χ4n) is 0.708. The number of carbonyl (C=O) groups is 1. The maximum Gasteiger partial charge on any atom is 0.251 e. The van der Waals surface area contributed by atoms with E-state index >= 15 is 0 Å². The molecule has 0 aliphatic carbocycles. The zero-order chi connectivity index (χ0) is 10.1. The fourth-order valence-corrected chi connectivity index (χ4v) is 0.820. The van der Waals surface area contributed by atoms with Crippen molar-refractivity contribution in [3.05, 3.63) is 36.5 Å². The molecule has 1 N–H and O–H groups in total. The summed E-state index contributed by atoms with van der Waals surface area (Å²) < 4.78 is 0. The number of rotatable bonds is 5. The van der Waals surface area contributed by atoms with Crippen molar-refractivity contribution in [2.75, 3.05) is 12.3 Å². The highest BCUT2D eigenvalue weighted by atomic mass is 32.1. The molecule has 0 atom stereocenters. The minimum atomic E-state index is -0.109. The van der Waals surface area contributed by atoms with Crippen LogP contribution in [0.3, 0.4) is 0 Å². The molecule has 1 amide bonds. The Morgan fingerprint density at radius 2 is 2.31 bits per heavy atom. The molecule has 0 fully saturated rings. The van der Waals surface area contributed by atoms with Crippen LogP contribution in [0.5, 0.6) is 0 Å². The van der Waals surface area contributed by atoms with Gasteiger partial charge in [-0.3, -0.25) is 4.79 Å². The average molecular weight is 197 g/mol. The van der Waals surface area contributed by atoms with Crippen LogP contribution >= 0.6 is 12.6 Å². The van der Waals surface area contributed by atoms with Gasteiger partial charge in [-0.1, -0.05) is 24.8 Å². The lowest BCUT2D eigenvalue weighted by molar-refractivity contribution is -0.117. The van der Waals surface area contributed by atoms with Crippen LogP contribution in [0.15, 0.2) is 36.5 Å². The maximum absolute atomic E-state index is 11.3. The van der Waals surface area contributed by atoms with Gasteiger partial charge in [0.2, 0.25) is 0 Å². The average Bonchev–Trinajstić information content (AvgIpc) is 2.16. The van der Waals surface area contributed by atoms with Crippen molar-refractivity contribution in [2.24, 2.45) is 0 Å². The molecule has 0 radical (unpaired) electrons. The van der Waals surface area contributed by atoms with E-state index in [0.29, 0.717) is 17.9 Å². The van der Waals surface area contributed by atoms with Crippen LogP contribution in [0, 0.1) is 0 Å². The summed E-state index contributed by atoms with van der Waals surface area (Å²) >= 11 is 3.99. The van der Waals surface area contributed by atoms with Crippen molar-refractivity contribution in [1.82, 2.24) is 5.32 Å². The van der Waals surface area contributed by atoms with Crippen LogP contribution in [0.2, 0.25) is 0 Å². The third kappa shape index (κ3) is 5.31. The lowest BCUT2D eigenvalue weighted by Crippen LogP contribution is -2.26. The van der Waals surface area contributed by atoms with Crippen molar-refractivity contribution in [3.63, 3.8) is 0 Å². The topological polar surface area (TPSA) is 29.1 Å². The highest BCUT2D eigenvalue weighted by molar-refractivity contribution is 7.80. The Hall–Kier alpha value is -0.960. The number of carbonyl (C=O) groups excluding carboxylic acids is 1. The molecule has 0 spiro atoms. The van der Waals surface area contributed by atoms with Gasteiger partial charge in [0, 0.05) is 17.9 Å². The highest BCUT2D eigenvalue weighted by Gasteiger charge is 2.01. The van der Waals surface area contributed by atoms with Crippen molar-refractivity contribution >= 4 is 18.5 Å². The molecule has 0 aliphatic rings. The molecule has 0 rings (SSSR count). The molecular weight excluding hydrogens is 182 g/mol. The number of thiol groups is 1. The van der Waals surface area contributed by atoms with E-state index < -0.39 is 0 Å². The summed E-state index contributed by atoms with van der Waals surface area (Å²) in [6, 6.07) is 0. The Kier molecular flexibility index (Phi) is 7.11. The second kappa shape index (κ2) is 7.68. The molecule has 0 heterocycles. The van der Waals surface area contributed by atoms with Crippen molar-refractivity contribution < 1.29 is 4.79 Å². The van der Waals surface area contributed by atoms with Gasteiger partial charge in [0.15, 0.2) is 0 Å². The molecule has 0 saturated heterocycles. The Morgan fingerprint density at radius 3 is 2.77 bits per heavy atom. The fraction of sp³-hybridized carbons (Fsp3) is 0.300. The van der Waals surface area contributed by atoms with Gasteiger partial charge >= 0.3 is 0 Å². The Labute approximate surface area is 84.8 Å². The van der Waals surface area contributed by atoms with Gasteiger partial charge in [0.25, 0.3) is 5.91 Å². The minimum absolute atomic E-state index is 0.109. The predicted octanol–water partition coefficient (Wildman–Crippen LogP) is 1.72. The summed E-state index contributed by atoms with van der Waals surface area (Å²) in [5.74, 6) is 0.530. The van der Waals surface area contributed by atoms with Crippen molar-refractivity contribution in [3.8, 4) is 0 Å². The lowest BCUT2D eigenvalue weighted by Gasteiger charge is -2.02. The molecule has 0 aromatic heterocycles. The summed E-state index contributed by atoms with van der Waals surface area (Å²) in [6.07, 6.45) is 6.92. The smallest absolute Gasteiger partial charge is 0.251 e. The third-order valence-corrected chi connectivity index (χ3v) is 1.57. The monoisotopic (exact) mass is 197 g/mol. The molecule has 0 unspecified atom stereocenters. The molecular formula is C10H15NOS. The molecule has 2 nitrogen and oxygen atoms in total. The van der Waals surface area contributed by atoms with E-state index in [0.717, 1.165) is 0 Å². The number of allylic oxidation sites excluding steroid dienone is 3. The Balaban J connectivity index is 4.23. The molecule has 0 bridgehead atoms. The lowest BCUT2D eigenvalue weighted by atomic mass is 10.2. The second-order valence-corrected chi connectivity index (χ2v) is 2.78. The summed E-state index contributed by atoms with van der Waals surface area (Å²) in [4.78, 5) is 11.3. The van der Waals surface area contributed by atoms with E-state index in [1.165, 1.54) is 6.08 Å². The summed E-state index contributed by atoms with van der Waals surface area (Å²) in [7, 11) is 0. The SMILES string of the molecule is C=C/C(=C\C=C/C)C(=O)NCCS. The molecule has 0 aromatic rings. The first-order valence-corrected chi connectivity index (χ1v) is 4.74. The Morgan fingerprint density at radius 1 is 1.62 bits per heavy atom. The molecule has 72 valence electrons. The van der Waals surface area contributed by atoms with E-state index in [9.17, 15) is 4.79 Å². The van der Waals surface area contributed by atoms with Gasteiger partial charge in [-0.15, -0.1) is 0 Å². The van der Waals surface area contributed by atoms with Gasteiger partial charge in [-0.25, -0.2) is 0 Å². The quantitative estimate of drug-likeness (QED) is 0.392. The van der Waals surface area contributed by atoms with E-state index in [2.05, 4.69) is 24.5 Å². The first-order valence-electron chi connectivity index (χ1n) is 4.10. The summed E-state index contributed by atoms with van der Waals surface area (Å²) in [6.45, 7) is 6.03. The molecule has 0 saturated carbocycles. The predicted molar refractivity (Wildman–Crippen MR) is 60.0 cm³/mol.